The molecule has 0 radical (unpaired) electrons. The summed E-state index contributed by atoms with van der Waals surface area (Å²) in [5.41, 5.74) is 5.82. The first-order valence-electron chi connectivity index (χ1n) is 2.90. The van der Waals surface area contributed by atoms with Crippen molar-refractivity contribution in [2.24, 2.45) is 5.73 Å². The molecule has 1 rings (SSSR count). The van der Waals surface area contributed by atoms with E-state index in [1.54, 1.807) is 18.2 Å². The molecule has 0 amide bonds. The molecule has 0 heterocycles. The largest absolute Gasteiger partial charge is 0.384 e. The molecular formula is C7H6BrClN2. The second kappa shape index (κ2) is 3.24. The molecule has 11 heavy (non-hydrogen) atoms. The molecule has 3 N–H and O–H groups in total. The van der Waals surface area contributed by atoms with Gasteiger partial charge in [-0.1, -0.05) is 27.5 Å². The van der Waals surface area contributed by atoms with Crippen LogP contribution in [0.4, 0.5) is 0 Å². The van der Waals surface area contributed by atoms with Gasteiger partial charge in [-0.05, 0) is 18.2 Å². The number of nitrogens with two attached hydrogens (primary N) is 1. The Morgan fingerprint density at radius 2 is 2.18 bits per heavy atom. The molecule has 0 unspecified atom stereocenters. The first-order chi connectivity index (χ1) is 5.11. The van der Waals surface area contributed by atoms with Crippen LogP contribution in [0, 0.1) is 5.41 Å². The molecule has 0 saturated carbocycles. The van der Waals surface area contributed by atoms with E-state index in [2.05, 4.69) is 15.9 Å². The summed E-state index contributed by atoms with van der Waals surface area (Å²) < 4.78 is 0.868. The van der Waals surface area contributed by atoms with E-state index in [9.17, 15) is 0 Å². The van der Waals surface area contributed by atoms with Crippen molar-refractivity contribution in [3.05, 3.63) is 33.3 Å². The van der Waals surface area contributed by atoms with Crippen molar-refractivity contribution >= 4 is 33.4 Å². The number of halogens is 2. The third-order valence-electron chi connectivity index (χ3n) is 1.22. The SMILES string of the molecule is N=C(N)c1cc(Br)ccc1Cl. The monoisotopic (exact) mass is 232 g/mol. The molecule has 0 bridgehead atoms. The van der Waals surface area contributed by atoms with Crippen LogP contribution >= 0.6 is 27.5 Å². The molecule has 58 valence electrons. The lowest BCUT2D eigenvalue weighted by molar-refractivity contribution is 1.42. The summed E-state index contributed by atoms with van der Waals surface area (Å²) in [5.74, 6) is -0.0173. The molecule has 0 aromatic heterocycles. The van der Waals surface area contributed by atoms with Gasteiger partial charge < -0.3 is 5.73 Å². The Labute approximate surface area is 78.0 Å². The predicted molar refractivity (Wildman–Crippen MR) is 50.2 cm³/mol. The smallest absolute Gasteiger partial charge is 0.124 e. The molecule has 1 aromatic carbocycles. The van der Waals surface area contributed by atoms with Crippen molar-refractivity contribution in [3.8, 4) is 0 Å². The molecule has 0 aliphatic rings. The summed E-state index contributed by atoms with van der Waals surface area (Å²) in [7, 11) is 0. The topological polar surface area (TPSA) is 49.9 Å². The molecule has 0 fully saturated rings. The van der Waals surface area contributed by atoms with Crippen LogP contribution in [0.15, 0.2) is 22.7 Å². The van der Waals surface area contributed by atoms with E-state index in [0.29, 0.717) is 10.6 Å². The fourth-order valence-electron chi connectivity index (χ4n) is 0.704. The second-order valence-corrected chi connectivity index (χ2v) is 3.36. The zero-order valence-electron chi connectivity index (χ0n) is 5.57. The fourth-order valence-corrected chi connectivity index (χ4v) is 1.28. The Bertz CT molecular complexity index is 298. The first kappa shape index (κ1) is 8.56. The summed E-state index contributed by atoms with van der Waals surface area (Å²) in [6.45, 7) is 0. The third-order valence-corrected chi connectivity index (χ3v) is 2.04. The Morgan fingerprint density at radius 1 is 1.55 bits per heavy atom. The van der Waals surface area contributed by atoms with E-state index in [-0.39, 0.29) is 5.84 Å². The van der Waals surface area contributed by atoms with Crippen molar-refractivity contribution in [2.75, 3.05) is 0 Å². The quantitative estimate of drug-likeness (QED) is 0.568. The van der Waals surface area contributed by atoms with Crippen LogP contribution in [0.5, 0.6) is 0 Å². The van der Waals surface area contributed by atoms with Gasteiger partial charge in [0.25, 0.3) is 0 Å². The molecule has 2 nitrogen and oxygen atoms in total. The predicted octanol–water partition coefficient (Wildman–Crippen LogP) is 2.39. The molecule has 0 aliphatic carbocycles. The fraction of sp³-hybridized carbons (Fsp3) is 0. The van der Waals surface area contributed by atoms with Gasteiger partial charge in [-0.2, -0.15) is 0 Å². The van der Waals surface area contributed by atoms with Crippen molar-refractivity contribution in [3.63, 3.8) is 0 Å². The number of amidine groups is 1. The van der Waals surface area contributed by atoms with Crippen LogP contribution in [0.2, 0.25) is 5.02 Å². The molecule has 0 atom stereocenters. The minimum atomic E-state index is -0.0173. The lowest BCUT2D eigenvalue weighted by Gasteiger charge is -2.00. The van der Waals surface area contributed by atoms with Crippen LogP contribution in [0.25, 0.3) is 0 Å². The van der Waals surface area contributed by atoms with Crippen molar-refractivity contribution in [1.82, 2.24) is 0 Å². The second-order valence-electron chi connectivity index (χ2n) is 2.04. The highest BCUT2D eigenvalue weighted by Gasteiger charge is 2.02. The van der Waals surface area contributed by atoms with Gasteiger partial charge >= 0.3 is 0 Å². The van der Waals surface area contributed by atoms with E-state index >= 15 is 0 Å². The maximum Gasteiger partial charge on any atom is 0.124 e. The molecule has 1 aromatic rings. The standard InChI is InChI=1S/C7H6BrClN2/c8-4-1-2-6(9)5(3-4)7(10)11/h1-3H,(H3,10,11). The number of benzene rings is 1. The number of rotatable bonds is 1. The van der Waals surface area contributed by atoms with Crippen LogP contribution in [0.3, 0.4) is 0 Å². The minimum Gasteiger partial charge on any atom is -0.384 e. The van der Waals surface area contributed by atoms with Gasteiger partial charge in [0.15, 0.2) is 0 Å². The van der Waals surface area contributed by atoms with Gasteiger partial charge in [-0.15, -0.1) is 0 Å². The van der Waals surface area contributed by atoms with Crippen LogP contribution in [0.1, 0.15) is 5.56 Å². The zero-order valence-corrected chi connectivity index (χ0v) is 7.91. The van der Waals surface area contributed by atoms with E-state index in [1.807, 2.05) is 0 Å². The highest BCUT2D eigenvalue weighted by atomic mass is 79.9. The Hall–Kier alpha value is -0.540. The van der Waals surface area contributed by atoms with Gasteiger partial charge in [-0.3, -0.25) is 5.41 Å². The number of nitrogen functional groups attached to an aromatic ring is 1. The van der Waals surface area contributed by atoms with Gasteiger partial charge in [0, 0.05) is 10.0 Å². The summed E-state index contributed by atoms with van der Waals surface area (Å²) in [6, 6.07) is 5.21. The van der Waals surface area contributed by atoms with Crippen molar-refractivity contribution in [1.29, 1.82) is 5.41 Å². The molecule has 4 heteroatoms. The zero-order chi connectivity index (χ0) is 8.43. The van der Waals surface area contributed by atoms with E-state index < -0.39 is 0 Å². The van der Waals surface area contributed by atoms with Gasteiger partial charge in [0.05, 0.1) is 5.02 Å². The molecule has 0 saturated heterocycles. The first-order valence-corrected chi connectivity index (χ1v) is 4.08. The third kappa shape index (κ3) is 1.94. The van der Waals surface area contributed by atoms with Crippen LogP contribution in [-0.4, -0.2) is 5.84 Å². The maximum absolute atomic E-state index is 7.15. The molecule has 0 spiro atoms. The normalized spacial score (nSPS) is 9.64. The Balaban J connectivity index is 3.23. The Kier molecular flexibility index (Phi) is 2.52. The van der Waals surface area contributed by atoms with Crippen LogP contribution in [-0.2, 0) is 0 Å². The van der Waals surface area contributed by atoms with E-state index in [1.165, 1.54) is 0 Å². The van der Waals surface area contributed by atoms with Gasteiger partial charge in [0.1, 0.15) is 5.84 Å². The highest BCUT2D eigenvalue weighted by molar-refractivity contribution is 9.10. The number of hydrogen-bond donors (Lipinski definition) is 2. The lowest BCUT2D eigenvalue weighted by atomic mass is 10.2. The van der Waals surface area contributed by atoms with E-state index in [0.717, 1.165) is 4.47 Å². The van der Waals surface area contributed by atoms with Crippen molar-refractivity contribution in [2.45, 2.75) is 0 Å². The van der Waals surface area contributed by atoms with Gasteiger partial charge in [-0.25, -0.2) is 0 Å². The average Bonchev–Trinajstić information content (AvgIpc) is 1.94. The summed E-state index contributed by atoms with van der Waals surface area (Å²) in [4.78, 5) is 0. The van der Waals surface area contributed by atoms with Gasteiger partial charge in [0.2, 0.25) is 0 Å². The van der Waals surface area contributed by atoms with Crippen LogP contribution < -0.4 is 5.73 Å². The number of hydrogen-bond acceptors (Lipinski definition) is 1. The lowest BCUT2D eigenvalue weighted by Crippen LogP contribution is -2.11. The maximum atomic E-state index is 7.15. The van der Waals surface area contributed by atoms with Crippen molar-refractivity contribution < 1.29 is 0 Å². The minimum absolute atomic E-state index is 0.0173. The van der Waals surface area contributed by atoms with E-state index in [4.69, 9.17) is 22.7 Å². The highest BCUT2D eigenvalue weighted by Crippen LogP contribution is 2.19. The Morgan fingerprint density at radius 3 is 2.64 bits per heavy atom. The molecular weight excluding hydrogens is 227 g/mol. The average molecular weight is 233 g/mol. The summed E-state index contributed by atoms with van der Waals surface area (Å²) >= 11 is 9.00. The summed E-state index contributed by atoms with van der Waals surface area (Å²) in [5, 5.41) is 7.65. The molecule has 0 aliphatic heterocycles. The number of nitrogens with one attached hydrogen (secondary N) is 1. The summed E-state index contributed by atoms with van der Waals surface area (Å²) in [6.07, 6.45) is 0.